The van der Waals surface area contributed by atoms with Gasteiger partial charge < -0.3 is 5.32 Å². The smallest absolute Gasteiger partial charge is 0.224 e. The predicted molar refractivity (Wildman–Crippen MR) is 57.2 cm³/mol. The van der Waals surface area contributed by atoms with Crippen molar-refractivity contribution in [3.05, 3.63) is 12.2 Å². The molecule has 1 aromatic heterocycles. The molecule has 5 heteroatoms. The molecule has 1 aromatic rings. The number of hydrogen-bond acceptors (Lipinski definition) is 3. The summed E-state index contributed by atoms with van der Waals surface area (Å²) in [6.07, 6.45) is 6.54. The minimum absolute atomic E-state index is 0.202. The van der Waals surface area contributed by atoms with Gasteiger partial charge >= 0.3 is 0 Å². The SMILES string of the molecule is O=C(NCc1ncn[nH]1)C1C2CCCCC21. The zero-order valence-electron chi connectivity index (χ0n) is 9.15. The van der Waals surface area contributed by atoms with Crippen LogP contribution in [0.1, 0.15) is 31.5 Å². The lowest BCUT2D eigenvalue weighted by Crippen LogP contribution is -2.26. The van der Waals surface area contributed by atoms with Gasteiger partial charge in [0.2, 0.25) is 5.91 Å². The summed E-state index contributed by atoms with van der Waals surface area (Å²) in [4.78, 5) is 15.9. The largest absolute Gasteiger partial charge is 0.349 e. The number of aromatic nitrogens is 3. The molecule has 0 saturated heterocycles. The zero-order valence-corrected chi connectivity index (χ0v) is 9.15. The summed E-state index contributed by atoms with van der Waals surface area (Å²) in [7, 11) is 0. The van der Waals surface area contributed by atoms with E-state index >= 15 is 0 Å². The first kappa shape index (κ1) is 9.81. The third-order valence-electron chi connectivity index (χ3n) is 3.85. The highest BCUT2D eigenvalue weighted by molar-refractivity contribution is 5.82. The molecule has 2 saturated carbocycles. The van der Waals surface area contributed by atoms with Gasteiger partial charge in [-0.1, -0.05) is 12.8 Å². The number of aromatic amines is 1. The van der Waals surface area contributed by atoms with E-state index in [1.807, 2.05) is 0 Å². The lowest BCUT2D eigenvalue weighted by Gasteiger charge is -2.04. The third-order valence-corrected chi connectivity index (χ3v) is 3.85. The number of carbonyl (C=O) groups excluding carboxylic acids is 1. The second-order valence-corrected chi connectivity index (χ2v) is 4.79. The Hall–Kier alpha value is -1.39. The van der Waals surface area contributed by atoms with Gasteiger partial charge in [0.15, 0.2) is 0 Å². The number of nitrogens with zero attached hydrogens (tertiary/aromatic N) is 2. The van der Waals surface area contributed by atoms with Crippen molar-refractivity contribution in [1.29, 1.82) is 0 Å². The molecular weight excluding hydrogens is 204 g/mol. The van der Waals surface area contributed by atoms with Gasteiger partial charge in [0.05, 0.1) is 6.54 Å². The molecule has 2 N–H and O–H groups in total. The van der Waals surface area contributed by atoms with Crippen molar-refractivity contribution in [2.45, 2.75) is 32.2 Å². The number of carbonyl (C=O) groups is 1. The van der Waals surface area contributed by atoms with Crippen LogP contribution in [0, 0.1) is 17.8 Å². The molecule has 3 rings (SSSR count). The summed E-state index contributed by atoms with van der Waals surface area (Å²) in [5.41, 5.74) is 0. The fourth-order valence-corrected chi connectivity index (χ4v) is 2.99. The summed E-state index contributed by atoms with van der Waals surface area (Å²) in [5, 5.41) is 9.41. The van der Waals surface area contributed by atoms with Crippen LogP contribution in [0.2, 0.25) is 0 Å². The molecule has 2 atom stereocenters. The first-order chi connectivity index (χ1) is 7.86. The fraction of sp³-hybridized carbons (Fsp3) is 0.727. The van der Waals surface area contributed by atoms with Crippen molar-refractivity contribution in [2.24, 2.45) is 17.8 Å². The maximum absolute atomic E-state index is 11.9. The van der Waals surface area contributed by atoms with Crippen molar-refractivity contribution >= 4 is 5.91 Å². The van der Waals surface area contributed by atoms with E-state index in [0.717, 1.165) is 5.82 Å². The minimum Gasteiger partial charge on any atom is -0.349 e. The molecule has 0 bridgehead atoms. The third kappa shape index (κ3) is 1.70. The van der Waals surface area contributed by atoms with Crippen LogP contribution in [0.4, 0.5) is 0 Å². The molecule has 5 nitrogen and oxygen atoms in total. The number of rotatable bonds is 3. The Labute approximate surface area is 94.0 Å². The van der Waals surface area contributed by atoms with E-state index in [-0.39, 0.29) is 11.8 Å². The van der Waals surface area contributed by atoms with Crippen LogP contribution in [0.3, 0.4) is 0 Å². The molecule has 2 unspecified atom stereocenters. The molecular formula is C11H16N4O. The molecule has 0 radical (unpaired) electrons. The number of fused-ring (bicyclic) bond motifs is 1. The highest BCUT2D eigenvalue weighted by atomic mass is 16.2. The van der Waals surface area contributed by atoms with E-state index in [1.165, 1.54) is 32.0 Å². The van der Waals surface area contributed by atoms with Crippen LogP contribution in [0.15, 0.2) is 6.33 Å². The van der Waals surface area contributed by atoms with Gasteiger partial charge in [-0.15, -0.1) is 0 Å². The fourth-order valence-electron chi connectivity index (χ4n) is 2.99. The first-order valence-electron chi connectivity index (χ1n) is 5.98. The van der Waals surface area contributed by atoms with E-state index in [4.69, 9.17) is 0 Å². The molecule has 2 fully saturated rings. The van der Waals surface area contributed by atoms with Crippen molar-refractivity contribution < 1.29 is 4.79 Å². The topological polar surface area (TPSA) is 70.7 Å². The average molecular weight is 220 g/mol. The second kappa shape index (κ2) is 3.88. The van der Waals surface area contributed by atoms with Crippen LogP contribution in [0.25, 0.3) is 0 Å². The van der Waals surface area contributed by atoms with Gasteiger partial charge in [0.1, 0.15) is 12.2 Å². The van der Waals surface area contributed by atoms with Crippen molar-refractivity contribution in [2.75, 3.05) is 0 Å². The number of amides is 1. The van der Waals surface area contributed by atoms with Crippen LogP contribution in [-0.4, -0.2) is 21.1 Å². The molecule has 86 valence electrons. The Balaban J connectivity index is 1.51. The summed E-state index contributed by atoms with van der Waals surface area (Å²) in [6.45, 7) is 0.467. The Kier molecular flexibility index (Phi) is 2.38. The first-order valence-corrected chi connectivity index (χ1v) is 5.98. The lowest BCUT2D eigenvalue weighted by molar-refractivity contribution is -0.123. The molecule has 0 spiro atoms. The summed E-state index contributed by atoms with van der Waals surface area (Å²) in [6, 6.07) is 0. The maximum atomic E-state index is 11.9. The zero-order chi connectivity index (χ0) is 11.0. The van der Waals surface area contributed by atoms with Gasteiger partial charge in [0.25, 0.3) is 0 Å². The Bertz CT molecular complexity index is 363. The van der Waals surface area contributed by atoms with Crippen molar-refractivity contribution in [3.63, 3.8) is 0 Å². The van der Waals surface area contributed by atoms with Crippen LogP contribution >= 0.6 is 0 Å². The number of nitrogens with one attached hydrogen (secondary N) is 2. The predicted octanol–water partition coefficient (Wildman–Crippen LogP) is 0.857. The Morgan fingerprint density at radius 2 is 2.19 bits per heavy atom. The van der Waals surface area contributed by atoms with E-state index in [9.17, 15) is 4.79 Å². The standard InChI is InChI=1S/C11H16N4O/c16-11(12-5-9-13-6-14-15-9)10-7-3-1-2-4-8(7)10/h6-8,10H,1-5H2,(H,12,16)(H,13,14,15). The van der Waals surface area contributed by atoms with E-state index < -0.39 is 0 Å². The molecule has 0 aromatic carbocycles. The second-order valence-electron chi connectivity index (χ2n) is 4.79. The van der Waals surface area contributed by atoms with Crippen LogP contribution < -0.4 is 5.32 Å². The maximum Gasteiger partial charge on any atom is 0.224 e. The molecule has 2 aliphatic carbocycles. The van der Waals surface area contributed by atoms with E-state index in [1.54, 1.807) is 0 Å². The highest BCUT2D eigenvalue weighted by Gasteiger charge is 2.54. The minimum atomic E-state index is 0.202. The number of hydrogen-bond donors (Lipinski definition) is 2. The van der Waals surface area contributed by atoms with Gasteiger partial charge in [-0.2, -0.15) is 5.10 Å². The summed E-state index contributed by atoms with van der Waals surface area (Å²) in [5.74, 6) is 2.54. The van der Waals surface area contributed by atoms with Gasteiger partial charge in [-0.25, -0.2) is 4.98 Å². The van der Waals surface area contributed by atoms with E-state index in [0.29, 0.717) is 18.4 Å². The highest BCUT2D eigenvalue weighted by Crippen LogP contribution is 2.55. The average Bonchev–Trinajstić information content (AvgIpc) is 2.80. The monoisotopic (exact) mass is 220 g/mol. The normalized spacial score (nSPS) is 31.9. The van der Waals surface area contributed by atoms with Crippen molar-refractivity contribution in [3.8, 4) is 0 Å². The molecule has 2 aliphatic rings. The van der Waals surface area contributed by atoms with E-state index in [2.05, 4.69) is 20.5 Å². The van der Waals surface area contributed by atoms with Crippen LogP contribution in [-0.2, 0) is 11.3 Å². The van der Waals surface area contributed by atoms with Crippen LogP contribution in [0.5, 0.6) is 0 Å². The Morgan fingerprint density at radius 1 is 1.44 bits per heavy atom. The molecule has 1 amide bonds. The quantitative estimate of drug-likeness (QED) is 0.793. The van der Waals surface area contributed by atoms with Crippen molar-refractivity contribution in [1.82, 2.24) is 20.5 Å². The summed E-state index contributed by atoms with van der Waals surface area (Å²) >= 11 is 0. The lowest BCUT2D eigenvalue weighted by atomic mass is 10.0. The molecule has 0 aliphatic heterocycles. The Morgan fingerprint density at radius 3 is 2.81 bits per heavy atom. The van der Waals surface area contributed by atoms with Gasteiger partial charge in [-0.05, 0) is 24.7 Å². The van der Waals surface area contributed by atoms with Gasteiger partial charge in [0, 0.05) is 5.92 Å². The molecule has 1 heterocycles. The molecule has 16 heavy (non-hydrogen) atoms. The van der Waals surface area contributed by atoms with Gasteiger partial charge in [-0.3, -0.25) is 9.89 Å². The summed E-state index contributed by atoms with van der Waals surface area (Å²) < 4.78 is 0. The number of H-pyrrole nitrogens is 1.